The molecule has 1 aromatic rings. The third-order valence-corrected chi connectivity index (χ3v) is 3.50. The number of anilines is 1. The Morgan fingerprint density at radius 1 is 1.53 bits per heavy atom. The monoisotopic (exact) mass is 259 g/mol. The molecule has 1 aliphatic rings. The zero-order chi connectivity index (χ0) is 13.8. The lowest BCUT2D eigenvalue weighted by Gasteiger charge is -2.36. The second kappa shape index (κ2) is 5.72. The van der Waals surface area contributed by atoms with Crippen molar-refractivity contribution in [1.82, 2.24) is 0 Å². The quantitative estimate of drug-likeness (QED) is 0.843. The van der Waals surface area contributed by atoms with Crippen molar-refractivity contribution >= 4 is 11.6 Å². The van der Waals surface area contributed by atoms with Crippen LogP contribution in [-0.2, 0) is 11.4 Å². The minimum atomic E-state index is -0.352. The Balaban J connectivity index is 2.39. The lowest BCUT2D eigenvalue weighted by molar-refractivity contribution is -0.119. The van der Waals surface area contributed by atoms with Crippen LogP contribution in [0.5, 0.6) is 0 Å². The van der Waals surface area contributed by atoms with Gasteiger partial charge < -0.3 is 15.7 Å². The van der Waals surface area contributed by atoms with Gasteiger partial charge >= 0.3 is 0 Å². The Labute approximate surface area is 112 Å². The zero-order valence-corrected chi connectivity index (χ0v) is 10.7. The fraction of sp³-hybridized carbons (Fsp3) is 0.429. The Bertz CT molecular complexity index is 522. The van der Waals surface area contributed by atoms with Gasteiger partial charge in [0, 0.05) is 6.54 Å². The van der Waals surface area contributed by atoms with E-state index < -0.39 is 0 Å². The average Bonchev–Trinajstić information content (AvgIpc) is 2.46. The zero-order valence-electron chi connectivity index (χ0n) is 10.7. The molecule has 1 unspecified atom stereocenters. The summed E-state index contributed by atoms with van der Waals surface area (Å²) in [4.78, 5) is 13.4. The number of hydrogen-bond acceptors (Lipinski definition) is 4. The van der Waals surface area contributed by atoms with Crippen molar-refractivity contribution in [1.29, 1.82) is 5.26 Å². The number of nitrogens with two attached hydrogens (primary N) is 1. The van der Waals surface area contributed by atoms with Crippen LogP contribution in [0.25, 0.3) is 0 Å². The van der Waals surface area contributed by atoms with Gasteiger partial charge in [0.15, 0.2) is 0 Å². The number of primary amides is 1. The maximum atomic E-state index is 11.5. The summed E-state index contributed by atoms with van der Waals surface area (Å²) in [5.74, 6) is -0.352. The van der Waals surface area contributed by atoms with E-state index in [0.29, 0.717) is 11.1 Å². The molecule has 1 saturated heterocycles. The summed E-state index contributed by atoms with van der Waals surface area (Å²) in [7, 11) is 0. The maximum Gasteiger partial charge on any atom is 0.240 e. The van der Waals surface area contributed by atoms with Gasteiger partial charge in [-0.3, -0.25) is 4.79 Å². The summed E-state index contributed by atoms with van der Waals surface area (Å²) in [6.45, 7) is 0.620. The topological polar surface area (TPSA) is 90.3 Å². The first-order chi connectivity index (χ1) is 9.17. The summed E-state index contributed by atoms with van der Waals surface area (Å²) in [6, 6.07) is 6.98. The van der Waals surface area contributed by atoms with Crippen LogP contribution in [0, 0.1) is 11.3 Å². The first-order valence-electron chi connectivity index (χ1n) is 6.37. The SMILES string of the molecule is N#Cc1cc(CO)ccc1N1CCCCC1C(N)=O. The van der Waals surface area contributed by atoms with E-state index in [1.54, 1.807) is 18.2 Å². The number of piperidine rings is 1. The smallest absolute Gasteiger partial charge is 0.240 e. The highest BCUT2D eigenvalue weighted by atomic mass is 16.3. The molecule has 0 saturated carbocycles. The fourth-order valence-electron chi connectivity index (χ4n) is 2.54. The van der Waals surface area contributed by atoms with Crippen molar-refractivity contribution in [3.8, 4) is 6.07 Å². The fourth-order valence-corrected chi connectivity index (χ4v) is 2.54. The number of carbonyl (C=O) groups is 1. The van der Waals surface area contributed by atoms with Gasteiger partial charge in [-0.2, -0.15) is 5.26 Å². The number of benzene rings is 1. The molecule has 1 aliphatic heterocycles. The number of amides is 1. The van der Waals surface area contributed by atoms with E-state index in [-0.39, 0.29) is 18.6 Å². The molecule has 0 aliphatic carbocycles. The van der Waals surface area contributed by atoms with Crippen molar-refractivity contribution in [2.45, 2.75) is 31.9 Å². The van der Waals surface area contributed by atoms with Crippen LogP contribution < -0.4 is 10.6 Å². The largest absolute Gasteiger partial charge is 0.392 e. The van der Waals surface area contributed by atoms with Gasteiger partial charge in [0.25, 0.3) is 0 Å². The predicted molar refractivity (Wildman–Crippen MR) is 71.3 cm³/mol. The molecule has 1 amide bonds. The third-order valence-electron chi connectivity index (χ3n) is 3.50. The van der Waals surface area contributed by atoms with Crippen molar-refractivity contribution in [2.24, 2.45) is 5.73 Å². The van der Waals surface area contributed by atoms with Gasteiger partial charge in [0.05, 0.1) is 17.9 Å². The number of rotatable bonds is 3. The highest BCUT2D eigenvalue weighted by Crippen LogP contribution is 2.28. The molecule has 1 heterocycles. The minimum Gasteiger partial charge on any atom is -0.392 e. The van der Waals surface area contributed by atoms with E-state index >= 15 is 0 Å². The number of aliphatic hydroxyl groups excluding tert-OH is 1. The van der Waals surface area contributed by atoms with Gasteiger partial charge in [-0.05, 0) is 37.0 Å². The Kier molecular flexibility index (Phi) is 4.03. The predicted octanol–water partition coefficient (Wildman–Crippen LogP) is 0.895. The van der Waals surface area contributed by atoms with E-state index in [2.05, 4.69) is 6.07 Å². The lowest BCUT2D eigenvalue weighted by atomic mass is 9.98. The number of carbonyl (C=O) groups excluding carboxylic acids is 1. The molecule has 1 aromatic carbocycles. The molecule has 1 fully saturated rings. The average molecular weight is 259 g/mol. The van der Waals surface area contributed by atoms with E-state index in [9.17, 15) is 10.1 Å². The van der Waals surface area contributed by atoms with Crippen LogP contribution >= 0.6 is 0 Å². The molecule has 3 N–H and O–H groups in total. The molecule has 0 spiro atoms. The Morgan fingerprint density at radius 3 is 2.95 bits per heavy atom. The van der Waals surface area contributed by atoms with Crippen molar-refractivity contribution in [3.05, 3.63) is 29.3 Å². The van der Waals surface area contributed by atoms with E-state index in [1.807, 2.05) is 4.90 Å². The van der Waals surface area contributed by atoms with Gasteiger partial charge in [0.2, 0.25) is 5.91 Å². The Morgan fingerprint density at radius 2 is 2.32 bits per heavy atom. The van der Waals surface area contributed by atoms with Crippen LogP contribution in [0.2, 0.25) is 0 Å². The van der Waals surface area contributed by atoms with Crippen LogP contribution in [0.4, 0.5) is 5.69 Å². The third kappa shape index (κ3) is 2.69. The number of hydrogen-bond donors (Lipinski definition) is 2. The van der Waals surface area contributed by atoms with Gasteiger partial charge in [-0.15, -0.1) is 0 Å². The van der Waals surface area contributed by atoms with Gasteiger partial charge in [-0.25, -0.2) is 0 Å². The summed E-state index contributed by atoms with van der Waals surface area (Å²) < 4.78 is 0. The molecular formula is C14H17N3O2. The molecule has 19 heavy (non-hydrogen) atoms. The highest BCUT2D eigenvalue weighted by Gasteiger charge is 2.28. The normalized spacial score (nSPS) is 18.9. The second-order valence-corrected chi connectivity index (χ2v) is 4.73. The van der Waals surface area contributed by atoms with Gasteiger partial charge in [-0.1, -0.05) is 6.07 Å². The summed E-state index contributed by atoms with van der Waals surface area (Å²) >= 11 is 0. The van der Waals surface area contributed by atoms with E-state index in [1.165, 1.54) is 0 Å². The molecule has 0 radical (unpaired) electrons. The number of nitriles is 1. The van der Waals surface area contributed by atoms with Crippen LogP contribution in [0.1, 0.15) is 30.4 Å². The number of nitrogens with zero attached hydrogens (tertiary/aromatic N) is 2. The van der Waals surface area contributed by atoms with Crippen LogP contribution in [-0.4, -0.2) is 23.6 Å². The highest BCUT2D eigenvalue weighted by molar-refractivity contribution is 5.84. The molecule has 0 aromatic heterocycles. The van der Waals surface area contributed by atoms with Crippen LogP contribution in [0.3, 0.4) is 0 Å². The minimum absolute atomic E-state index is 0.103. The second-order valence-electron chi connectivity index (χ2n) is 4.73. The molecule has 2 rings (SSSR count). The van der Waals surface area contributed by atoms with Crippen molar-refractivity contribution in [2.75, 3.05) is 11.4 Å². The molecular weight excluding hydrogens is 242 g/mol. The van der Waals surface area contributed by atoms with Crippen molar-refractivity contribution < 1.29 is 9.90 Å². The summed E-state index contributed by atoms with van der Waals surface area (Å²) in [6.07, 6.45) is 2.68. The molecule has 1 atom stereocenters. The standard InChI is InChI=1S/C14H17N3O2/c15-8-11-7-10(9-18)4-5-12(11)17-6-2-1-3-13(17)14(16)19/h4-5,7,13,18H,1-3,6,9H2,(H2,16,19). The Hall–Kier alpha value is -2.06. The number of aliphatic hydroxyl groups is 1. The van der Waals surface area contributed by atoms with Crippen LogP contribution in [0.15, 0.2) is 18.2 Å². The van der Waals surface area contributed by atoms with E-state index in [4.69, 9.17) is 10.8 Å². The first kappa shape index (κ1) is 13.4. The molecule has 5 heteroatoms. The first-order valence-corrected chi connectivity index (χ1v) is 6.37. The maximum absolute atomic E-state index is 11.5. The summed E-state index contributed by atoms with van der Waals surface area (Å²) in [5, 5.41) is 18.3. The van der Waals surface area contributed by atoms with E-state index in [0.717, 1.165) is 31.5 Å². The molecule has 100 valence electrons. The summed E-state index contributed by atoms with van der Waals surface area (Å²) in [5.41, 5.74) is 7.32. The molecule has 5 nitrogen and oxygen atoms in total. The van der Waals surface area contributed by atoms with Gasteiger partial charge in [0.1, 0.15) is 12.1 Å². The molecule has 0 bridgehead atoms. The van der Waals surface area contributed by atoms with Crippen molar-refractivity contribution in [3.63, 3.8) is 0 Å². The lowest BCUT2D eigenvalue weighted by Crippen LogP contribution is -2.48.